The molecule has 1 aliphatic rings. The van der Waals surface area contributed by atoms with Gasteiger partial charge in [-0.1, -0.05) is 23.7 Å². The van der Waals surface area contributed by atoms with Gasteiger partial charge in [-0.3, -0.25) is 4.79 Å². The lowest BCUT2D eigenvalue weighted by molar-refractivity contribution is -0.127. The van der Waals surface area contributed by atoms with Gasteiger partial charge in [0.2, 0.25) is 0 Å². The molecule has 2 rings (SSSR count). The number of halogens is 3. The summed E-state index contributed by atoms with van der Waals surface area (Å²) < 4.78 is 0. The first-order chi connectivity index (χ1) is 8.61. The van der Waals surface area contributed by atoms with Crippen molar-refractivity contribution in [2.75, 3.05) is 11.8 Å². The highest BCUT2D eigenvalue weighted by molar-refractivity contribution is 6.30. The summed E-state index contributed by atoms with van der Waals surface area (Å²) in [6.45, 7) is 0. The minimum absolute atomic E-state index is 0.0451. The van der Waals surface area contributed by atoms with E-state index in [9.17, 15) is 4.79 Å². The maximum absolute atomic E-state index is 12.4. The van der Waals surface area contributed by atoms with Crippen LogP contribution in [0.15, 0.2) is 24.3 Å². The average Bonchev–Trinajstić information content (AvgIpc) is 2.70. The van der Waals surface area contributed by atoms with Gasteiger partial charge in [0.1, 0.15) is 5.78 Å². The Labute approximate surface area is 122 Å². The van der Waals surface area contributed by atoms with Crippen molar-refractivity contribution in [2.24, 2.45) is 11.3 Å². The van der Waals surface area contributed by atoms with Gasteiger partial charge >= 0.3 is 0 Å². The molecule has 4 heteroatoms. The zero-order valence-corrected chi connectivity index (χ0v) is 12.2. The lowest BCUT2D eigenvalue weighted by Gasteiger charge is -2.21. The van der Waals surface area contributed by atoms with Crippen LogP contribution in [0.3, 0.4) is 0 Å². The number of Topliss-reactive ketones (excluding diaryl/α,β-unsaturated/α-hetero) is 1. The Morgan fingerprint density at radius 3 is 2.28 bits per heavy atom. The van der Waals surface area contributed by atoms with Crippen molar-refractivity contribution >= 4 is 40.6 Å². The fraction of sp³-hybridized carbons (Fsp3) is 0.500. The van der Waals surface area contributed by atoms with Crippen molar-refractivity contribution in [3.63, 3.8) is 0 Å². The monoisotopic (exact) mass is 304 g/mol. The number of alkyl halides is 2. The topological polar surface area (TPSA) is 17.1 Å². The van der Waals surface area contributed by atoms with Crippen LogP contribution in [0.5, 0.6) is 0 Å². The molecule has 0 aliphatic heterocycles. The molecule has 1 aromatic rings. The maximum Gasteiger partial charge on any atom is 0.144 e. The number of benzene rings is 1. The molecule has 1 nitrogen and oxygen atoms in total. The second-order valence-electron chi connectivity index (χ2n) is 4.98. The summed E-state index contributed by atoms with van der Waals surface area (Å²) in [5.41, 5.74) is 0.637. The predicted octanol–water partition coefficient (Wildman–Crippen LogP) is 4.33. The van der Waals surface area contributed by atoms with E-state index in [2.05, 4.69) is 0 Å². The minimum Gasteiger partial charge on any atom is -0.299 e. The molecular formula is C14H15Cl3O. The van der Waals surface area contributed by atoms with Crippen LogP contribution in [-0.2, 0) is 11.2 Å². The molecule has 0 heterocycles. The largest absolute Gasteiger partial charge is 0.299 e. The van der Waals surface area contributed by atoms with Crippen LogP contribution in [0.1, 0.15) is 18.4 Å². The normalized spacial score (nSPS) is 22.4. The first-order valence-corrected chi connectivity index (χ1v) is 7.47. The summed E-state index contributed by atoms with van der Waals surface area (Å²) in [6.07, 6.45) is 2.43. The Hall–Kier alpha value is -0.240. The van der Waals surface area contributed by atoms with E-state index in [0.717, 1.165) is 24.8 Å². The number of carbonyl (C=O) groups excluding carboxylic acids is 1. The molecule has 0 radical (unpaired) electrons. The maximum atomic E-state index is 12.4. The summed E-state index contributed by atoms with van der Waals surface area (Å²) in [7, 11) is 0. The molecule has 0 N–H and O–H groups in total. The molecular weight excluding hydrogens is 291 g/mol. The Bertz CT molecular complexity index is 423. The molecule has 98 valence electrons. The van der Waals surface area contributed by atoms with Crippen LogP contribution in [0, 0.1) is 11.3 Å². The van der Waals surface area contributed by atoms with Gasteiger partial charge in [0.05, 0.1) is 5.41 Å². The third-order valence-electron chi connectivity index (χ3n) is 3.77. The van der Waals surface area contributed by atoms with E-state index in [1.54, 1.807) is 0 Å². The number of ketones is 1. The van der Waals surface area contributed by atoms with Crippen LogP contribution in [-0.4, -0.2) is 17.5 Å². The van der Waals surface area contributed by atoms with E-state index in [1.165, 1.54) is 0 Å². The van der Waals surface area contributed by atoms with Crippen molar-refractivity contribution in [2.45, 2.75) is 19.3 Å². The standard InChI is InChI=1S/C14H15Cl3O/c15-8-14(9-16)6-5-11(13(14)18)7-10-1-3-12(17)4-2-10/h1-4,11H,5-9H2. The molecule has 18 heavy (non-hydrogen) atoms. The molecule has 0 spiro atoms. The molecule has 1 unspecified atom stereocenters. The van der Waals surface area contributed by atoms with Crippen LogP contribution >= 0.6 is 34.8 Å². The first-order valence-electron chi connectivity index (χ1n) is 6.02. The number of rotatable bonds is 4. The van der Waals surface area contributed by atoms with Gasteiger partial charge in [0, 0.05) is 22.7 Å². The van der Waals surface area contributed by atoms with Crippen LogP contribution in [0.2, 0.25) is 5.02 Å². The van der Waals surface area contributed by atoms with E-state index in [-0.39, 0.29) is 11.7 Å². The Balaban J connectivity index is 2.08. The summed E-state index contributed by atoms with van der Waals surface area (Å²) in [5.74, 6) is 0.921. The van der Waals surface area contributed by atoms with Crippen LogP contribution < -0.4 is 0 Å². The summed E-state index contributed by atoms with van der Waals surface area (Å²) in [5, 5.41) is 0.715. The van der Waals surface area contributed by atoms with E-state index in [1.807, 2.05) is 24.3 Å². The highest BCUT2D eigenvalue weighted by Crippen LogP contribution is 2.41. The van der Waals surface area contributed by atoms with Gasteiger partial charge in [-0.2, -0.15) is 0 Å². The summed E-state index contributed by atoms with van der Waals surface area (Å²) in [6, 6.07) is 7.65. The lowest BCUT2D eigenvalue weighted by atomic mass is 9.87. The second kappa shape index (κ2) is 5.81. The first kappa shape index (κ1) is 14.2. The molecule has 1 aromatic carbocycles. The molecule has 0 aromatic heterocycles. The number of hydrogen-bond acceptors (Lipinski definition) is 1. The van der Waals surface area contributed by atoms with Crippen LogP contribution in [0.25, 0.3) is 0 Å². The minimum atomic E-state index is -0.500. The molecule has 1 saturated carbocycles. The Morgan fingerprint density at radius 1 is 1.17 bits per heavy atom. The van der Waals surface area contributed by atoms with Gasteiger partial charge < -0.3 is 0 Å². The van der Waals surface area contributed by atoms with Gasteiger partial charge in [-0.05, 0) is 37.0 Å². The third-order valence-corrected chi connectivity index (χ3v) is 5.05. The van der Waals surface area contributed by atoms with Crippen LogP contribution in [0.4, 0.5) is 0 Å². The van der Waals surface area contributed by atoms with Gasteiger partial charge in [0.25, 0.3) is 0 Å². The predicted molar refractivity (Wildman–Crippen MR) is 76.8 cm³/mol. The van der Waals surface area contributed by atoms with E-state index in [4.69, 9.17) is 34.8 Å². The molecule has 0 saturated heterocycles. The molecule has 0 bridgehead atoms. The Kier molecular flexibility index (Phi) is 4.58. The summed E-state index contributed by atoms with van der Waals surface area (Å²) in [4.78, 5) is 12.4. The zero-order valence-electron chi connectivity index (χ0n) is 9.96. The van der Waals surface area contributed by atoms with Gasteiger partial charge in [-0.25, -0.2) is 0 Å². The third kappa shape index (κ3) is 2.68. The number of hydrogen-bond donors (Lipinski definition) is 0. The average molecular weight is 306 g/mol. The fourth-order valence-electron chi connectivity index (χ4n) is 2.54. The van der Waals surface area contributed by atoms with E-state index in [0.29, 0.717) is 16.8 Å². The fourth-order valence-corrected chi connectivity index (χ4v) is 3.48. The highest BCUT2D eigenvalue weighted by Gasteiger charge is 2.46. The second-order valence-corrected chi connectivity index (χ2v) is 5.95. The van der Waals surface area contributed by atoms with E-state index >= 15 is 0 Å². The zero-order chi connectivity index (χ0) is 13.2. The SMILES string of the molecule is O=C1C(Cc2ccc(Cl)cc2)CCC1(CCl)CCl. The quantitative estimate of drug-likeness (QED) is 0.757. The van der Waals surface area contributed by atoms with Gasteiger partial charge in [-0.15, -0.1) is 23.2 Å². The highest BCUT2D eigenvalue weighted by atomic mass is 35.5. The Morgan fingerprint density at radius 2 is 1.78 bits per heavy atom. The summed E-state index contributed by atoms with van der Waals surface area (Å²) >= 11 is 17.7. The van der Waals surface area contributed by atoms with Crippen molar-refractivity contribution < 1.29 is 4.79 Å². The molecule has 1 aliphatic carbocycles. The van der Waals surface area contributed by atoms with Crippen molar-refractivity contribution in [3.8, 4) is 0 Å². The van der Waals surface area contributed by atoms with Crippen molar-refractivity contribution in [1.29, 1.82) is 0 Å². The van der Waals surface area contributed by atoms with E-state index < -0.39 is 5.41 Å². The van der Waals surface area contributed by atoms with Crippen molar-refractivity contribution in [1.82, 2.24) is 0 Å². The smallest absolute Gasteiger partial charge is 0.144 e. The van der Waals surface area contributed by atoms with Gasteiger partial charge in [0.15, 0.2) is 0 Å². The molecule has 1 atom stereocenters. The lowest BCUT2D eigenvalue weighted by Crippen LogP contribution is -2.32. The number of carbonyl (C=O) groups is 1. The molecule has 0 amide bonds. The van der Waals surface area contributed by atoms with Crippen molar-refractivity contribution in [3.05, 3.63) is 34.9 Å². The molecule has 1 fully saturated rings.